The number of hydrogen-bond acceptors (Lipinski definition) is 4. The second kappa shape index (κ2) is 9.33. The highest BCUT2D eigenvalue weighted by atomic mass is 35.5. The number of nitrogens with zero attached hydrogens (tertiary/aromatic N) is 1. The van der Waals surface area contributed by atoms with Crippen LogP contribution in [-0.4, -0.2) is 22.0 Å². The lowest BCUT2D eigenvalue weighted by atomic mass is 9.81. The van der Waals surface area contributed by atoms with Crippen LogP contribution in [0.4, 0.5) is 5.13 Å². The molecule has 5 nitrogen and oxygen atoms in total. The lowest BCUT2D eigenvalue weighted by Gasteiger charge is -2.25. The van der Waals surface area contributed by atoms with Gasteiger partial charge < -0.3 is 10.4 Å². The maximum atomic E-state index is 12.7. The average molecular weight is 407 g/mol. The maximum Gasteiger partial charge on any atom is 0.304 e. The molecule has 1 saturated carbocycles. The van der Waals surface area contributed by atoms with Crippen LogP contribution in [0.2, 0.25) is 5.02 Å². The van der Waals surface area contributed by atoms with Crippen molar-refractivity contribution in [2.45, 2.75) is 44.9 Å². The highest BCUT2D eigenvalue weighted by Crippen LogP contribution is 2.32. The molecule has 1 aromatic carbocycles. The molecule has 1 unspecified atom stereocenters. The van der Waals surface area contributed by atoms with Gasteiger partial charge in [-0.2, -0.15) is 0 Å². The summed E-state index contributed by atoms with van der Waals surface area (Å²) in [5.41, 5.74) is 1.50. The molecule has 1 atom stereocenters. The van der Waals surface area contributed by atoms with Gasteiger partial charge in [0, 0.05) is 21.9 Å². The van der Waals surface area contributed by atoms with Gasteiger partial charge in [-0.05, 0) is 18.4 Å². The van der Waals surface area contributed by atoms with Gasteiger partial charge in [-0.15, -0.1) is 11.3 Å². The monoisotopic (exact) mass is 406 g/mol. The van der Waals surface area contributed by atoms with Crippen molar-refractivity contribution >= 4 is 39.9 Å². The molecular weight excluding hydrogens is 384 g/mol. The van der Waals surface area contributed by atoms with E-state index in [1.807, 2.05) is 23.6 Å². The molecule has 1 aliphatic carbocycles. The van der Waals surface area contributed by atoms with Crippen molar-refractivity contribution in [2.75, 3.05) is 5.32 Å². The first-order valence-corrected chi connectivity index (χ1v) is 10.5. The minimum absolute atomic E-state index is 0.148. The normalized spacial score (nSPS) is 16.0. The highest BCUT2D eigenvalue weighted by molar-refractivity contribution is 7.14. The number of thiazole rings is 1. The molecule has 2 aromatic rings. The van der Waals surface area contributed by atoms with Gasteiger partial charge in [0.25, 0.3) is 0 Å². The zero-order valence-electron chi connectivity index (χ0n) is 15.0. The number of carbonyl (C=O) groups is 2. The summed E-state index contributed by atoms with van der Waals surface area (Å²) < 4.78 is 0. The van der Waals surface area contributed by atoms with Gasteiger partial charge in [0.05, 0.1) is 12.1 Å². The predicted octanol–water partition coefficient (Wildman–Crippen LogP) is 5.46. The molecule has 144 valence electrons. The van der Waals surface area contributed by atoms with Crippen molar-refractivity contribution in [3.63, 3.8) is 0 Å². The van der Waals surface area contributed by atoms with E-state index in [0.29, 0.717) is 28.2 Å². The summed E-state index contributed by atoms with van der Waals surface area (Å²) in [4.78, 5) is 28.4. The second-order valence-corrected chi connectivity index (χ2v) is 8.31. The zero-order chi connectivity index (χ0) is 19.2. The number of carbonyl (C=O) groups excluding carboxylic acids is 1. The van der Waals surface area contributed by atoms with Crippen molar-refractivity contribution in [1.82, 2.24) is 4.98 Å². The first-order valence-electron chi connectivity index (χ1n) is 9.26. The molecule has 0 saturated heterocycles. The molecule has 7 heteroatoms. The van der Waals surface area contributed by atoms with Gasteiger partial charge in [0.1, 0.15) is 0 Å². The Morgan fingerprint density at radius 2 is 2.00 bits per heavy atom. The Labute approximate surface area is 167 Å². The van der Waals surface area contributed by atoms with E-state index in [1.54, 1.807) is 6.07 Å². The van der Waals surface area contributed by atoms with E-state index in [-0.39, 0.29) is 12.3 Å². The molecule has 1 heterocycles. The lowest BCUT2D eigenvalue weighted by Crippen LogP contribution is -2.27. The van der Waals surface area contributed by atoms with E-state index >= 15 is 0 Å². The molecule has 0 spiro atoms. The SMILES string of the molecule is O=C(O)CC(CC1CCCCC1)C(=O)Nc1nc(-c2ccccc2Cl)cs1. The molecule has 27 heavy (non-hydrogen) atoms. The van der Waals surface area contributed by atoms with Crippen LogP contribution in [0, 0.1) is 11.8 Å². The summed E-state index contributed by atoms with van der Waals surface area (Å²) in [6, 6.07) is 7.40. The molecule has 1 fully saturated rings. The number of nitrogens with one attached hydrogen (secondary N) is 1. The number of halogens is 1. The molecule has 3 rings (SSSR count). The Bertz CT molecular complexity index is 802. The van der Waals surface area contributed by atoms with Crippen LogP contribution in [0.15, 0.2) is 29.6 Å². The zero-order valence-corrected chi connectivity index (χ0v) is 16.6. The van der Waals surface area contributed by atoms with Gasteiger partial charge >= 0.3 is 5.97 Å². The Hall–Kier alpha value is -1.92. The topological polar surface area (TPSA) is 79.3 Å². The third-order valence-corrected chi connectivity index (χ3v) is 6.11. The average Bonchev–Trinajstić information content (AvgIpc) is 3.10. The lowest BCUT2D eigenvalue weighted by molar-refractivity contribution is -0.140. The standard InChI is InChI=1S/C20H23ClN2O3S/c21-16-9-5-4-8-15(16)17-12-27-20(22-17)23-19(26)14(11-18(24)25)10-13-6-2-1-3-7-13/h4-5,8-9,12-14H,1-3,6-7,10-11H2,(H,24,25)(H,22,23,26). The summed E-state index contributed by atoms with van der Waals surface area (Å²) in [6.07, 6.45) is 6.20. The minimum atomic E-state index is -0.943. The fourth-order valence-electron chi connectivity index (χ4n) is 3.65. The Morgan fingerprint density at radius 3 is 2.70 bits per heavy atom. The van der Waals surface area contributed by atoms with Crippen LogP contribution < -0.4 is 5.32 Å². The van der Waals surface area contributed by atoms with Gasteiger partial charge in [-0.3, -0.25) is 9.59 Å². The van der Waals surface area contributed by atoms with E-state index in [2.05, 4.69) is 10.3 Å². The number of aromatic nitrogens is 1. The van der Waals surface area contributed by atoms with Crippen LogP contribution in [0.25, 0.3) is 11.3 Å². The van der Waals surface area contributed by atoms with Crippen LogP contribution in [0.3, 0.4) is 0 Å². The van der Waals surface area contributed by atoms with E-state index in [1.165, 1.54) is 30.6 Å². The fourth-order valence-corrected chi connectivity index (χ4v) is 4.60. The molecule has 1 aromatic heterocycles. The number of benzene rings is 1. The minimum Gasteiger partial charge on any atom is -0.481 e. The number of rotatable bonds is 7. The first kappa shape index (κ1) is 19.8. The van der Waals surface area contributed by atoms with E-state index in [9.17, 15) is 14.7 Å². The molecular formula is C20H23ClN2O3S. The van der Waals surface area contributed by atoms with Crippen LogP contribution in [0.5, 0.6) is 0 Å². The third kappa shape index (κ3) is 5.53. The first-order chi connectivity index (χ1) is 13.0. The number of aliphatic carboxylic acids is 1. The largest absolute Gasteiger partial charge is 0.481 e. The number of carboxylic acid groups (broad SMARTS) is 1. The summed E-state index contributed by atoms with van der Waals surface area (Å²) in [6.45, 7) is 0. The van der Waals surface area contributed by atoms with Crippen molar-refractivity contribution in [3.05, 3.63) is 34.7 Å². The van der Waals surface area contributed by atoms with Gasteiger partial charge in [0.2, 0.25) is 5.91 Å². The molecule has 1 amide bonds. The smallest absolute Gasteiger partial charge is 0.304 e. The highest BCUT2D eigenvalue weighted by Gasteiger charge is 2.27. The van der Waals surface area contributed by atoms with E-state index < -0.39 is 11.9 Å². The van der Waals surface area contributed by atoms with Crippen LogP contribution in [-0.2, 0) is 9.59 Å². The summed E-state index contributed by atoms with van der Waals surface area (Å²) in [7, 11) is 0. The van der Waals surface area contributed by atoms with Gasteiger partial charge in [0.15, 0.2) is 5.13 Å². The van der Waals surface area contributed by atoms with Gasteiger partial charge in [-0.1, -0.05) is 61.9 Å². The van der Waals surface area contributed by atoms with Crippen molar-refractivity contribution in [3.8, 4) is 11.3 Å². The van der Waals surface area contributed by atoms with Crippen LogP contribution in [0.1, 0.15) is 44.9 Å². The predicted molar refractivity (Wildman–Crippen MR) is 108 cm³/mol. The van der Waals surface area contributed by atoms with Crippen molar-refractivity contribution in [1.29, 1.82) is 0 Å². The molecule has 0 aliphatic heterocycles. The summed E-state index contributed by atoms with van der Waals surface area (Å²) in [5.74, 6) is -1.30. The Balaban J connectivity index is 1.67. The van der Waals surface area contributed by atoms with Crippen LogP contribution >= 0.6 is 22.9 Å². The van der Waals surface area contributed by atoms with E-state index in [0.717, 1.165) is 18.4 Å². The van der Waals surface area contributed by atoms with Crippen molar-refractivity contribution in [2.24, 2.45) is 11.8 Å². The van der Waals surface area contributed by atoms with E-state index in [4.69, 9.17) is 11.6 Å². The maximum absolute atomic E-state index is 12.7. The second-order valence-electron chi connectivity index (χ2n) is 7.04. The molecule has 0 bridgehead atoms. The summed E-state index contributed by atoms with van der Waals surface area (Å²) >= 11 is 7.52. The number of amides is 1. The number of carboxylic acids is 1. The third-order valence-electron chi connectivity index (χ3n) is 5.02. The van der Waals surface area contributed by atoms with Gasteiger partial charge in [-0.25, -0.2) is 4.98 Å². The fraction of sp³-hybridized carbons (Fsp3) is 0.450. The number of hydrogen-bond donors (Lipinski definition) is 2. The Morgan fingerprint density at radius 1 is 1.26 bits per heavy atom. The number of anilines is 1. The van der Waals surface area contributed by atoms with Crippen molar-refractivity contribution < 1.29 is 14.7 Å². The summed E-state index contributed by atoms with van der Waals surface area (Å²) in [5, 5.41) is 14.9. The molecule has 2 N–H and O–H groups in total. The Kier molecular flexibility index (Phi) is 6.85. The molecule has 1 aliphatic rings. The molecule has 0 radical (unpaired) electrons. The quantitative estimate of drug-likeness (QED) is 0.639.